The van der Waals surface area contributed by atoms with Gasteiger partial charge in [-0.05, 0) is 12.1 Å². The highest BCUT2D eigenvalue weighted by Gasteiger charge is 2.57. The van der Waals surface area contributed by atoms with Gasteiger partial charge in [0.2, 0.25) is 5.60 Å². The molecule has 30 heavy (non-hydrogen) atoms. The number of aryl methyl sites for hydroxylation is 1. The van der Waals surface area contributed by atoms with Crippen LogP contribution in [0.4, 0.5) is 18.9 Å². The standard InChI is InChI=1S/C18H22F3N5O3.HI/c1-26-8-7-23-15(26)17(27,18(19,20)21)5-6-24-16(22)25-12-3-4-13-14(11-12)29-10-2-9-28-13;/h3-4,7-8,11,27H,2,5-6,9-10H2,1H3,(H3,22,24,25);1H. The number of aromatic nitrogens is 2. The third-order valence-corrected chi connectivity index (χ3v) is 4.44. The maximum Gasteiger partial charge on any atom is 0.424 e. The van der Waals surface area contributed by atoms with E-state index in [1.807, 2.05) is 0 Å². The summed E-state index contributed by atoms with van der Waals surface area (Å²) in [6.45, 7) is 0.705. The molecule has 166 valence electrons. The maximum absolute atomic E-state index is 13.5. The number of aliphatic imine (C=N–C) groups is 1. The summed E-state index contributed by atoms with van der Waals surface area (Å²) < 4.78 is 52.7. The number of fused-ring (bicyclic) bond motifs is 1. The molecule has 0 bridgehead atoms. The molecule has 0 saturated carbocycles. The van der Waals surface area contributed by atoms with E-state index < -0.39 is 24.0 Å². The van der Waals surface area contributed by atoms with Crippen LogP contribution >= 0.6 is 24.0 Å². The lowest BCUT2D eigenvalue weighted by molar-refractivity contribution is -0.272. The first kappa shape index (κ1) is 24.1. The fourth-order valence-corrected chi connectivity index (χ4v) is 2.91. The molecule has 0 fully saturated rings. The van der Waals surface area contributed by atoms with Crippen LogP contribution in [0, 0.1) is 0 Å². The van der Waals surface area contributed by atoms with Gasteiger partial charge in [0, 0.05) is 50.6 Å². The molecule has 0 radical (unpaired) electrons. The van der Waals surface area contributed by atoms with Crippen LogP contribution in [0.1, 0.15) is 18.7 Å². The lowest BCUT2D eigenvalue weighted by Gasteiger charge is -2.29. The number of nitrogens with zero attached hydrogens (tertiary/aromatic N) is 3. The first-order valence-electron chi connectivity index (χ1n) is 8.94. The van der Waals surface area contributed by atoms with Crippen molar-refractivity contribution < 1.29 is 27.8 Å². The van der Waals surface area contributed by atoms with Crippen molar-refractivity contribution in [3.05, 3.63) is 36.4 Å². The van der Waals surface area contributed by atoms with Gasteiger partial charge in [-0.15, -0.1) is 24.0 Å². The van der Waals surface area contributed by atoms with E-state index >= 15 is 0 Å². The molecule has 0 amide bonds. The summed E-state index contributed by atoms with van der Waals surface area (Å²) >= 11 is 0. The second-order valence-corrected chi connectivity index (χ2v) is 6.57. The molecule has 2 aromatic rings. The predicted molar refractivity (Wildman–Crippen MR) is 115 cm³/mol. The number of alkyl halides is 3. The summed E-state index contributed by atoms with van der Waals surface area (Å²) in [4.78, 5) is 7.54. The summed E-state index contributed by atoms with van der Waals surface area (Å²) in [7, 11) is 1.38. The molecule has 0 aliphatic carbocycles. The third-order valence-electron chi connectivity index (χ3n) is 4.44. The van der Waals surface area contributed by atoms with Gasteiger partial charge < -0.3 is 30.2 Å². The number of hydrogen-bond acceptors (Lipinski definition) is 5. The van der Waals surface area contributed by atoms with Crippen molar-refractivity contribution in [1.29, 1.82) is 0 Å². The van der Waals surface area contributed by atoms with Crippen molar-refractivity contribution in [3.8, 4) is 11.5 Å². The fraction of sp³-hybridized carbons (Fsp3) is 0.444. The van der Waals surface area contributed by atoms with Crippen molar-refractivity contribution in [3.63, 3.8) is 0 Å². The lowest BCUT2D eigenvalue weighted by Crippen LogP contribution is -2.45. The molecular formula is C18H23F3IN5O3. The predicted octanol–water partition coefficient (Wildman–Crippen LogP) is 2.77. The number of aliphatic hydroxyl groups is 1. The fourth-order valence-electron chi connectivity index (χ4n) is 2.91. The van der Waals surface area contributed by atoms with Crippen LogP contribution < -0.4 is 20.5 Å². The maximum atomic E-state index is 13.5. The van der Waals surface area contributed by atoms with E-state index in [0.29, 0.717) is 30.4 Å². The highest BCUT2D eigenvalue weighted by Crippen LogP contribution is 2.40. The van der Waals surface area contributed by atoms with Crippen LogP contribution in [0.3, 0.4) is 0 Å². The minimum Gasteiger partial charge on any atom is -0.490 e. The van der Waals surface area contributed by atoms with Crippen molar-refractivity contribution in [1.82, 2.24) is 9.55 Å². The van der Waals surface area contributed by atoms with E-state index in [2.05, 4.69) is 15.3 Å². The SMILES string of the molecule is Cn1ccnc1C(O)(CCN=C(N)Nc1ccc2c(c1)OCCCO2)C(F)(F)F.I. The highest BCUT2D eigenvalue weighted by atomic mass is 127. The molecule has 1 aromatic heterocycles. The molecule has 3 rings (SSSR count). The number of anilines is 1. The Balaban J connectivity index is 0.00000320. The Bertz CT molecular complexity index is 890. The summed E-state index contributed by atoms with van der Waals surface area (Å²) in [5.41, 5.74) is 3.20. The van der Waals surface area contributed by atoms with E-state index in [4.69, 9.17) is 15.2 Å². The summed E-state index contributed by atoms with van der Waals surface area (Å²) in [6, 6.07) is 5.07. The van der Waals surface area contributed by atoms with Gasteiger partial charge in [0.1, 0.15) is 5.82 Å². The molecule has 0 saturated heterocycles. The first-order valence-corrected chi connectivity index (χ1v) is 8.94. The molecule has 1 unspecified atom stereocenters. The number of ether oxygens (including phenoxy) is 2. The zero-order valence-electron chi connectivity index (χ0n) is 16.1. The third kappa shape index (κ3) is 5.28. The van der Waals surface area contributed by atoms with E-state index in [0.717, 1.165) is 11.0 Å². The van der Waals surface area contributed by atoms with Crippen molar-refractivity contribution in [2.45, 2.75) is 24.6 Å². The monoisotopic (exact) mass is 541 g/mol. The molecular weight excluding hydrogens is 518 g/mol. The van der Waals surface area contributed by atoms with E-state index in [-0.39, 0.29) is 36.5 Å². The molecule has 12 heteroatoms. The highest BCUT2D eigenvalue weighted by molar-refractivity contribution is 14.0. The van der Waals surface area contributed by atoms with Gasteiger partial charge in [-0.3, -0.25) is 4.99 Å². The Morgan fingerprint density at radius 3 is 2.63 bits per heavy atom. The van der Waals surface area contributed by atoms with Gasteiger partial charge in [0.05, 0.1) is 13.2 Å². The second kappa shape index (κ2) is 9.73. The van der Waals surface area contributed by atoms with Crippen molar-refractivity contribution >= 4 is 35.6 Å². The zero-order chi connectivity index (χ0) is 21.1. The Morgan fingerprint density at radius 2 is 2.00 bits per heavy atom. The average molecular weight is 541 g/mol. The Morgan fingerprint density at radius 1 is 1.30 bits per heavy atom. The average Bonchev–Trinajstić information content (AvgIpc) is 2.94. The van der Waals surface area contributed by atoms with Crippen LogP contribution in [0.25, 0.3) is 0 Å². The zero-order valence-corrected chi connectivity index (χ0v) is 18.5. The first-order chi connectivity index (χ1) is 13.7. The molecule has 1 aromatic carbocycles. The van der Waals surface area contributed by atoms with Gasteiger partial charge in [0.25, 0.3) is 0 Å². The number of rotatable bonds is 5. The van der Waals surface area contributed by atoms with Crippen LogP contribution in [-0.2, 0) is 12.6 Å². The number of guanidine groups is 1. The van der Waals surface area contributed by atoms with Crippen LogP contribution in [0.5, 0.6) is 11.5 Å². The van der Waals surface area contributed by atoms with Crippen molar-refractivity contribution in [2.75, 3.05) is 25.1 Å². The minimum atomic E-state index is -4.92. The second-order valence-electron chi connectivity index (χ2n) is 6.57. The van der Waals surface area contributed by atoms with Crippen LogP contribution in [0.15, 0.2) is 35.6 Å². The van der Waals surface area contributed by atoms with Crippen molar-refractivity contribution in [2.24, 2.45) is 17.8 Å². The number of benzene rings is 1. The Labute approximate surface area is 188 Å². The smallest absolute Gasteiger partial charge is 0.424 e. The number of imidazole rings is 1. The molecule has 1 aliphatic heterocycles. The molecule has 0 spiro atoms. The van der Waals surface area contributed by atoms with E-state index in [1.165, 1.54) is 19.4 Å². The van der Waals surface area contributed by atoms with E-state index in [9.17, 15) is 18.3 Å². The molecule has 1 atom stereocenters. The van der Waals surface area contributed by atoms with Gasteiger partial charge in [-0.25, -0.2) is 4.98 Å². The van der Waals surface area contributed by atoms with Crippen LogP contribution in [0.2, 0.25) is 0 Å². The van der Waals surface area contributed by atoms with Crippen LogP contribution in [-0.4, -0.2) is 46.6 Å². The largest absolute Gasteiger partial charge is 0.490 e. The summed E-state index contributed by atoms with van der Waals surface area (Å²) in [5, 5.41) is 13.1. The Hall–Kier alpha value is -2.22. The van der Waals surface area contributed by atoms with E-state index in [1.54, 1.807) is 18.2 Å². The lowest BCUT2D eigenvalue weighted by atomic mass is 9.98. The number of nitrogens with one attached hydrogen (secondary N) is 1. The van der Waals surface area contributed by atoms with Gasteiger partial charge >= 0.3 is 6.18 Å². The molecule has 8 nitrogen and oxygen atoms in total. The summed E-state index contributed by atoms with van der Waals surface area (Å²) in [6.07, 6.45) is -2.37. The number of hydrogen-bond donors (Lipinski definition) is 3. The molecule has 2 heterocycles. The minimum absolute atomic E-state index is 0. The topological polar surface area (TPSA) is 107 Å². The van der Waals surface area contributed by atoms with Gasteiger partial charge in [-0.1, -0.05) is 0 Å². The van der Waals surface area contributed by atoms with Gasteiger partial charge in [0.15, 0.2) is 17.5 Å². The normalized spacial score (nSPS) is 16.2. The molecule has 4 N–H and O–H groups in total. The quantitative estimate of drug-likeness (QED) is 0.306. The number of halogens is 4. The molecule has 1 aliphatic rings. The van der Waals surface area contributed by atoms with Gasteiger partial charge in [-0.2, -0.15) is 13.2 Å². The number of nitrogens with two attached hydrogens (primary N) is 1. The Kier molecular flexibility index (Phi) is 7.80. The summed E-state index contributed by atoms with van der Waals surface area (Å²) in [5.74, 6) is 0.550.